The van der Waals surface area contributed by atoms with Crippen LogP contribution in [0, 0.1) is 5.92 Å². The number of halogens is 2. The Morgan fingerprint density at radius 3 is 2.48 bits per heavy atom. The maximum Gasteiger partial charge on any atom is 0.237 e. The lowest BCUT2D eigenvalue weighted by molar-refractivity contribution is -0.123. The van der Waals surface area contributed by atoms with Crippen molar-refractivity contribution in [3.63, 3.8) is 0 Å². The Kier molecular flexibility index (Phi) is 8.87. The van der Waals surface area contributed by atoms with E-state index < -0.39 is 0 Å². The highest BCUT2D eigenvalue weighted by Crippen LogP contribution is 2.33. The van der Waals surface area contributed by atoms with Crippen LogP contribution in [0.5, 0.6) is 0 Å². The Hall–Kier alpha value is -0.810. The third-order valence-corrected chi connectivity index (χ3v) is 6.41. The monoisotopic (exact) mass is 413 g/mol. The van der Waals surface area contributed by atoms with E-state index in [1.54, 1.807) is 0 Å². The van der Waals surface area contributed by atoms with Crippen molar-refractivity contribution in [3.05, 3.63) is 35.9 Å². The van der Waals surface area contributed by atoms with Crippen LogP contribution >= 0.6 is 24.8 Å². The van der Waals surface area contributed by atoms with Crippen LogP contribution in [0.4, 0.5) is 0 Å². The van der Waals surface area contributed by atoms with E-state index in [1.807, 2.05) is 0 Å². The van der Waals surface area contributed by atoms with Gasteiger partial charge in [-0.3, -0.25) is 9.69 Å². The maximum atomic E-state index is 12.7. The standard InChI is InChI=1S/C21H31N3O.2ClH/c25-21(19-14-17-10-4-5-11-18(17)23-19)22-15-20(24-12-6-7-13-24)16-8-2-1-3-9-16;;/h1-3,8-9,17-20,23H,4-7,10-15H2,(H,22,25);2*1H. The fourth-order valence-electron chi connectivity index (χ4n) is 5.03. The minimum Gasteiger partial charge on any atom is -0.353 e. The van der Waals surface area contributed by atoms with E-state index in [-0.39, 0.29) is 36.8 Å². The summed E-state index contributed by atoms with van der Waals surface area (Å²) in [5.74, 6) is 0.919. The second-order valence-electron chi connectivity index (χ2n) is 8.02. The second kappa shape index (κ2) is 10.7. The number of likely N-dealkylation sites (tertiary alicyclic amines) is 1. The van der Waals surface area contributed by atoms with Crippen LogP contribution in [0.3, 0.4) is 0 Å². The number of fused-ring (bicyclic) bond motifs is 1. The van der Waals surface area contributed by atoms with E-state index in [0.29, 0.717) is 18.0 Å². The first kappa shape index (κ1) is 22.5. The summed E-state index contributed by atoms with van der Waals surface area (Å²) in [5.41, 5.74) is 1.32. The maximum absolute atomic E-state index is 12.7. The van der Waals surface area contributed by atoms with Gasteiger partial charge in [0.05, 0.1) is 12.1 Å². The molecule has 1 aliphatic carbocycles. The topological polar surface area (TPSA) is 44.4 Å². The number of nitrogens with one attached hydrogen (secondary N) is 2. The molecule has 2 aliphatic heterocycles. The quantitative estimate of drug-likeness (QED) is 0.772. The van der Waals surface area contributed by atoms with Crippen molar-refractivity contribution in [3.8, 4) is 0 Å². The molecular formula is C21H33Cl2N3O. The summed E-state index contributed by atoms with van der Waals surface area (Å²) in [6.45, 7) is 3.00. The molecule has 27 heavy (non-hydrogen) atoms. The van der Waals surface area contributed by atoms with Gasteiger partial charge < -0.3 is 10.6 Å². The predicted molar refractivity (Wildman–Crippen MR) is 115 cm³/mol. The lowest BCUT2D eigenvalue weighted by Gasteiger charge is -2.28. The molecule has 0 aromatic heterocycles. The van der Waals surface area contributed by atoms with E-state index in [1.165, 1.54) is 44.1 Å². The molecule has 0 radical (unpaired) electrons. The first-order chi connectivity index (χ1) is 12.3. The molecule has 4 atom stereocenters. The van der Waals surface area contributed by atoms with Gasteiger partial charge in [-0.25, -0.2) is 0 Å². The average molecular weight is 414 g/mol. The van der Waals surface area contributed by atoms with Crippen LogP contribution in [0.15, 0.2) is 30.3 Å². The second-order valence-corrected chi connectivity index (χ2v) is 8.02. The number of benzene rings is 1. The van der Waals surface area contributed by atoms with Gasteiger partial charge >= 0.3 is 0 Å². The molecule has 3 fully saturated rings. The minimum atomic E-state index is 0. The molecule has 2 N–H and O–H groups in total. The fraction of sp³-hybridized carbons (Fsp3) is 0.667. The van der Waals surface area contributed by atoms with Crippen molar-refractivity contribution >= 4 is 30.7 Å². The van der Waals surface area contributed by atoms with Gasteiger partial charge in [-0.2, -0.15) is 0 Å². The summed E-state index contributed by atoms with van der Waals surface area (Å²) in [6, 6.07) is 11.5. The lowest BCUT2D eigenvalue weighted by Crippen LogP contribution is -2.45. The SMILES string of the molecule is Cl.Cl.O=C(NCC(c1ccccc1)N1CCCC1)C1CC2CCCCC2N1. The Balaban J connectivity index is 0.00000131. The third kappa shape index (κ3) is 5.38. The van der Waals surface area contributed by atoms with E-state index in [4.69, 9.17) is 0 Å². The molecule has 1 saturated carbocycles. The summed E-state index contributed by atoms with van der Waals surface area (Å²) >= 11 is 0. The molecule has 0 spiro atoms. The number of amides is 1. The number of hydrogen-bond donors (Lipinski definition) is 2. The molecule has 1 aromatic rings. The van der Waals surface area contributed by atoms with Gasteiger partial charge in [0.15, 0.2) is 0 Å². The van der Waals surface area contributed by atoms with E-state index in [2.05, 4.69) is 45.9 Å². The zero-order valence-electron chi connectivity index (χ0n) is 15.9. The van der Waals surface area contributed by atoms with Gasteiger partial charge in [-0.05, 0) is 56.7 Å². The Morgan fingerprint density at radius 1 is 1.07 bits per heavy atom. The third-order valence-electron chi connectivity index (χ3n) is 6.41. The zero-order valence-corrected chi connectivity index (χ0v) is 17.6. The van der Waals surface area contributed by atoms with Gasteiger partial charge in [0.2, 0.25) is 5.91 Å². The Labute approximate surface area is 175 Å². The van der Waals surface area contributed by atoms with Gasteiger partial charge in [0, 0.05) is 12.6 Å². The number of carbonyl (C=O) groups is 1. The highest BCUT2D eigenvalue weighted by Gasteiger charge is 2.38. The summed E-state index contributed by atoms with van der Waals surface area (Å²) in [7, 11) is 0. The minimum absolute atomic E-state index is 0. The number of nitrogens with zero attached hydrogens (tertiary/aromatic N) is 1. The largest absolute Gasteiger partial charge is 0.353 e. The predicted octanol–water partition coefficient (Wildman–Crippen LogP) is 3.70. The van der Waals surface area contributed by atoms with Crippen LogP contribution in [0.25, 0.3) is 0 Å². The van der Waals surface area contributed by atoms with Gasteiger partial charge in [-0.1, -0.05) is 43.2 Å². The molecule has 3 aliphatic rings. The van der Waals surface area contributed by atoms with Crippen LogP contribution in [0.1, 0.15) is 56.6 Å². The van der Waals surface area contributed by atoms with Gasteiger partial charge in [0.1, 0.15) is 0 Å². The smallest absolute Gasteiger partial charge is 0.237 e. The molecule has 4 unspecified atom stereocenters. The average Bonchev–Trinajstić information content (AvgIpc) is 3.32. The van der Waals surface area contributed by atoms with Gasteiger partial charge in [-0.15, -0.1) is 24.8 Å². The Morgan fingerprint density at radius 2 is 1.78 bits per heavy atom. The normalized spacial score (nSPS) is 28.5. The molecule has 2 heterocycles. The highest BCUT2D eigenvalue weighted by atomic mass is 35.5. The van der Waals surface area contributed by atoms with Crippen LogP contribution in [-0.2, 0) is 4.79 Å². The molecule has 152 valence electrons. The number of hydrogen-bond acceptors (Lipinski definition) is 3. The zero-order chi connectivity index (χ0) is 17.1. The first-order valence-electron chi connectivity index (χ1n) is 10.1. The van der Waals surface area contributed by atoms with Crippen molar-refractivity contribution in [1.29, 1.82) is 0 Å². The summed E-state index contributed by atoms with van der Waals surface area (Å²) in [5, 5.41) is 6.87. The van der Waals surface area contributed by atoms with E-state index in [0.717, 1.165) is 26.1 Å². The molecule has 4 rings (SSSR count). The van der Waals surface area contributed by atoms with E-state index >= 15 is 0 Å². The molecule has 1 amide bonds. The summed E-state index contributed by atoms with van der Waals surface area (Å²) < 4.78 is 0. The van der Waals surface area contributed by atoms with Crippen LogP contribution in [-0.4, -0.2) is 42.5 Å². The Bertz CT molecular complexity index is 566. The molecular weight excluding hydrogens is 381 g/mol. The van der Waals surface area contributed by atoms with E-state index in [9.17, 15) is 4.79 Å². The highest BCUT2D eigenvalue weighted by molar-refractivity contribution is 5.85. The molecule has 4 nitrogen and oxygen atoms in total. The van der Waals surface area contributed by atoms with Crippen molar-refractivity contribution in [2.45, 2.75) is 63.1 Å². The molecule has 2 saturated heterocycles. The van der Waals surface area contributed by atoms with Crippen molar-refractivity contribution in [2.24, 2.45) is 5.92 Å². The molecule has 1 aromatic carbocycles. The van der Waals surface area contributed by atoms with Crippen molar-refractivity contribution in [1.82, 2.24) is 15.5 Å². The van der Waals surface area contributed by atoms with Gasteiger partial charge in [0.25, 0.3) is 0 Å². The summed E-state index contributed by atoms with van der Waals surface area (Å²) in [4.78, 5) is 15.3. The number of rotatable bonds is 5. The fourth-order valence-corrected chi connectivity index (χ4v) is 5.03. The van der Waals surface area contributed by atoms with Crippen LogP contribution in [0.2, 0.25) is 0 Å². The summed E-state index contributed by atoms with van der Waals surface area (Å²) in [6.07, 6.45) is 8.75. The molecule has 6 heteroatoms. The lowest BCUT2D eigenvalue weighted by atomic mass is 9.85. The van der Waals surface area contributed by atoms with Crippen molar-refractivity contribution in [2.75, 3.05) is 19.6 Å². The van der Waals surface area contributed by atoms with Crippen molar-refractivity contribution < 1.29 is 4.79 Å². The molecule has 0 bridgehead atoms. The number of carbonyl (C=O) groups excluding carboxylic acids is 1. The van der Waals surface area contributed by atoms with Crippen LogP contribution < -0.4 is 10.6 Å². The first-order valence-corrected chi connectivity index (χ1v) is 10.1.